The number of halogens is 3. The quantitative estimate of drug-likeness (QED) is 0.648. The van der Waals surface area contributed by atoms with E-state index in [1.54, 1.807) is 6.07 Å². The summed E-state index contributed by atoms with van der Waals surface area (Å²) in [5.41, 5.74) is 0.140. The Morgan fingerprint density at radius 3 is 2.46 bits per heavy atom. The Morgan fingerprint density at radius 1 is 1.15 bits per heavy atom. The van der Waals surface area contributed by atoms with Crippen LogP contribution in [0.2, 0.25) is 0 Å². The molecule has 2 aromatic rings. The van der Waals surface area contributed by atoms with Crippen LogP contribution in [0.25, 0.3) is 0 Å². The van der Waals surface area contributed by atoms with Crippen molar-refractivity contribution >= 4 is 17.5 Å². The maximum absolute atomic E-state index is 13.9. The second kappa shape index (κ2) is 7.49. The van der Waals surface area contributed by atoms with Crippen LogP contribution in [-0.4, -0.2) is 27.7 Å². The van der Waals surface area contributed by atoms with Gasteiger partial charge in [-0.05, 0) is 30.9 Å². The molecule has 1 atom stereocenters. The second-order valence-electron chi connectivity index (χ2n) is 6.80. The minimum atomic E-state index is -1.30. The van der Waals surface area contributed by atoms with Crippen LogP contribution in [0.5, 0.6) is 0 Å². The molecule has 140 valence electrons. The van der Waals surface area contributed by atoms with Crippen LogP contribution in [0.4, 0.5) is 30.6 Å². The van der Waals surface area contributed by atoms with Crippen LogP contribution in [0.3, 0.4) is 0 Å². The van der Waals surface area contributed by atoms with E-state index in [1.807, 2.05) is 13.8 Å². The predicted molar refractivity (Wildman–Crippen MR) is 92.9 cm³/mol. The van der Waals surface area contributed by atoms with Crippen molar-refractivity contribution in [3.63, 3.8) is 0 Å². The van der Waals surface area contributed by atoms with E-state index >= 15 is 0 Å². The minimum absolute atomic E-state index is 0.107. The number of aromatic nitrogens is 2. The van der Waals surface area contributed by atoms with Crippen LogP contribution < -0.4 is 10.6 Å². The van der Waals surface area contributed by atoms with E-state index in [4.69, 9.17) is 0 Å². The van der Waals surface area contributed by atoms with Gasteiger partial charge in [-0.15, -0.1) is 0 Å². The van der Waals surface area contributed by atoms with Crippen LogP contribution in [0.1, 0.15) is 38.3 Å². The molecule has 26 heavy (non-hydrogen) atoms. The molecule has 0 aliphatic heterocycles. The number of benzene rings is 1. The lowest BCUT2D eigenvalue weighted by Gasteiger charge is -2.20. The summed E-state index contributed by atoms with van der Waals surface area (Å²) in [6, 6.07) is 2.92. The first-order chi connectivity index (χ1) is 12.4. The van der Waals surface area contributed by atoms with Crippen LogP contribution in [0.15, 0.2) is 18.2 Å². The van der Waals surface area contributed by atoms with Crippen molar-refractivity contribution < 1.29 is 18.3 Å². The molecule has 1 aliphatic carbocycles. The van der Waals surface area contributed by atoms with Gasteiger partial charge in [0.05, 0.1) is 18.3 Å². The third-order valence-corrected chi connectivity index (χ3v) is 4.35. The first kappa shape index (κ1) is 18.4. The van der Waals surface area contributed by atoms with Gasteiger partial charge >= 0.3 is 0 Å². The summed E-state index contributed by atoms with van der Waals surface area (Å²) in [5.74, 6) is -2.56. The zero-order valence-electron chi connectivity index (χ0n) is 14.6. The summed E-state index contributed by atoms with van der Waals surface area (Å²) in [4.78, 5) is 8.66. The van der Waals surface area contributed by atoms with E-state index < -0.39 is 23.1 Å². The molecule has 1 aromatic carbocycles. The monoisotopic (exact) mass is 366 g/mol. The highest BCUT2D eigenvalue weighted by Crippen LogP contribution is 2.40. The molecule has 0 amide bonds. The third kappa shape index (κ3) is 4.07. The normalized spacial score (nSPS) is 15.2. The first-order valence-corrected chi connectivity index (χ1v) is 8.56. The fraction of sp³-hybridized carbons (Fsp3) is 0.444. The summed E-state index contributed by atoms with van der Waals surface area (Å²) >= 11 is 0. The van der Waals surface area contributed by atoms with E-state index in [0.29, 0.717) is 0 Å². The van der Waals surface area contributed by atoms with Crippen molar-refractivity contribution in [2.24, 2.45) is 5.92 Å². The average Bonchev–Trinajstić information content (AvgIpc) is 3.44. The lowest BCUT2D eigenvalue weighted by Crippen LogP contribution is -2.30. The number of nitrogens with zero attached hydrogens (tertiary/aromatic N) is 2. The summed E-state index contributed by atoms with van der Waals surface area (Å²) < 4.78 is 41.2. The Kier molecular flexibility index (Phi) is 5.31. The van der Waals surface area contributed by atoms with Crippen molar-refractivity contribution in [3.8, 4) is 0 Å². The van der Waals surface area contributed by atoms with Gasteiger partial charge in [0.1, 0.15) is 17.3 Å². The van der Waals surface area contributed by atoms with Gasteiger partial charge in [0, 0.05) is 12.0 Å². The molecule has 1 aromatic heterocycles. The van der Waals surface area contributed by atoms with Gasteiger partial charge in [-0.1, -0.05) is 13.8 Å². The average molecular weight is 366 g/mol. The number of aliphatic hydroxyl groups is 1. The zero-order valence-corrected chi connectivity index (χ0v) is 14.6. The number of hydrogen-bond acceptors (Lipinski definition) is 5. The molecule has 5 nitrogen and oxygen atoms in total. The topological polar surface area (TPSA) is 70.1 Å². The van der Waals surface area contributed by atoms with E-state index in [2.05, 4.69) is 20.6 Å². The largest absolute Gasteiger partial charge is 0.394 e. The molecule has 3 N–H and O–H groups in total. The molecular weight excluding hydrogens is 345 g/mol. The Balaban J connectivity index is 1.93. The summed E-state index contributed by atoms with van der Waals surface area (Å²) in [5, 5.41) is 15.0. The highest BCUT2D eigenvalue weighted by atomic mass is 19.2. The van der Waals surface area contributed by atoms with Gasteiger partial charge in [0.2, 0.25) is 5.95 Å². The molecule has 0 radical (unpaired) electrons. The van der Waals surface area contributed by atoms with Crippen molar-refractivity contribution in [1.82, 2.24) is 9.97 Å². The van der Waals surface area contributed by atoms with Gasteiger partial charge < -0.3 is 15.7 Å². The summed E-state index contributed by atoms with van der Waals surface area (Å²) in [6.07, 6.45) is 1.96. The van der Waals surface area contributed by atoms with Crippen molar-refractivity contribution in [2.45, 2.75) is 38.6 Å². The Labute approximate surface area is 149 Å². The SMILES string of the molecule is CC(C)[C@@H](CO)Nc1nc(Nc2c(F)ccc(F)c2F)cc(C2CC2)n1. The van der Waals surface area contributed by atoms with Gasteiger partial charge in [-0.25, -0.2) is 18.2 Å². The van der Waals surface area contributed by atoms with Crippen molar-refractivity contribution in [1.29, 1.82) is 0 Å². The maximum Gasteiger partial charge on any atom is 0.225 e. The van der Waals surface area contributed by atoms with Crippen LogP contribution in [-0.2, 0) is 0 Å². The van der Waals surface area contributed by atoms with E-state index in [1.165, 1.54) is 0 Å². The van der Waals surface area contributed by atoms with E-state index in [0.717, 1.165) is 30.7 Å². The molecule has 1 heterocycles. The smallest absolute Gasteiger partial charge is 0.225 e. The standard InChI is InChI=1S/C18H21F3N4O/c1-9(2)14(8-26)23-18-22-13(10-3-4-10)7-15(25-18)24-17-12(20)6-5-11(19)16(17)21/h5-7,9-10,14,26H,3-4,8H2,1-2H3,(H2,22,23,24,25)/t14-/m1/s1. The molecular formula is C18H21F3N4O. The van der Waals surface area contributed by atoms with E-state index in [-0.39, 0.29) is 36.3 Å². The van der Waals surface area contributed by atoms with E-state index in [9.17, 15) is 18.3 Å². The molecule has 0 spiro atoms. The Bertz CT molecular complexity index is 796. The van der Waals surface area contributed by atoms with Crippen molar-refractivity contribution in [3.05, 3.63) is 41.3 Å². The van der Waals surface area contributed by atoms with Crippen molar-refractivity contribution in [2.75, 3.05) is 17.2 Å². The fourth-order valence-electron chi connectivity index (χ4n) is 2.54. The number of aliphatic hydroxyl groups excluding tert-OH is 1. The molecule has 3 rings (SSSR count). The van der Waals surface area contributed by atoms with Gasteiger partial charge in [0.25, 0.3) is 0 Å². The zero-order chi connectivity index (χ0) is 18.8. The second-order valence-corrected chi connectivity index (χ2v) is 6.80. The fourth-order valence-corrected chi connectivity index (χ4v) is 2.54. The number of hydrogen-bond donors (Lipinski definition) is 3. The molecule has 1 aliphatic rings. The highest BCUT2D eigenvalue weighted by Gasteiger charge is 2.27. The summed E-state index contributed by atoms with van der Waals surface area (Å²) in [7, 11) is 0. The maximum atomic E-state index is 13.9. The van der Waals surface area contributed by atoms with Gasteiger partial charge in [-0.3, -0.25) is 0 Å². The molecule has 1 fully saturated rings. The molecule has 0 saturated heterocycles. The van der Waals surface area contributed by atoms with Crippen LogP contribution >= 0.6 is 0 Å². The Morgan fingerprint density at radius 2 is 1.85 bits per heavy atom. The lowest BCUT2D eigenvalue weighted by atomic mass is 10.1. The summed E-state index contributed by atoms with van der Waals surface area (Å²) in [6.45, 7) is 3.77. The van der Waals surface area contributed by atoms with Gasteiger partial charge in [0.15, 0.2) is 11.6 Å². The molecule has 0 bridgehead atoms. The first-order valence-electron chi connectivity index (χ1n) is 8.56. The molecule has 8 heteroatoms. The number of nitrogens with one attached hydrogen (secondary N) is 2. The highest BCUT2D eigenvalue weighted by molar-refractivity contribution is 5.59. The molecule has 1 saturated carbocycles. The predicted octanol–water partition coefficient (Wildman–Crippen LogP) is 3.94. The minimum Gasteiger partial charge on any atom is -0.394 e. The lowest BCUT2D eigenvalue weighted by molar-refractivity contribution is 0.248. The number of anilines is 3. The molecule has 0 unspecified atom stereocenters. The third-order valence-electron chi connectivity index (χ3n) is 4.35. The van der Waals surface area contributed by atoms with Gasteiger partial charge in [-0.2, -0.15) is 4.98 Å². The number of rotatable bonds is 7. The van der Waals surface area contributed by atoms with Crippen LogP contribution in [0, 0.1) is 23.4 Å². The Hall–Kier alpha value is -2.35.